The van der Waals surface area contributed by atoms with Crippen LogP contribution in [0.5, 0.6) is 0 Å². The molecule has 19 heavy (non-hydrogen) atoms. The maximum Gasteiger partial charge on any atom is 0.0407 e. The highest BCUT2D eigenvalue weighted by molar-refractivity contribution is 6.30. The molecule has 0 saturated heterocycles. The Kier molecular flexibility index (Phi) is 7.25. The number of hydrogen-bond donors (Lipinski definition) is 1. The monoisotopic (exact) mass is 282 g/mol. The number of halogens is 1. The van der Waals surface area contributed by atoms with Crippen molar-refractivity contribution in [1.29, 1.82) is 0 Å². The summed E-state index contributed by atoms with van der Waals surface area (Å²) in [6, 6.07) is 7.89. The maximum atomic E-state index is 5.87. The van der Waals surface area contributed by atoms with Gasteiger partial charge in [0.2, 0.25) is 0 Å². The van der Waals surface area contributed by atoms with Crippen molar-refractivity contribution in [2.24, 2.45) is 11.8 Å². The molecule has 2 nitrogen and oxygen atoms in total. The molecular formula is C16H27ClN2. The number of rotatable bonds is 8. The Balaban J connectivity index is 2.36. The summed E-state index contributed by atoms with van der Waals surface area (Å²) in [4.78, 5) is 2.54. The van der Waals surface area contributed by atoms with Crippen molar-refractivity contribution >= 4 is 17.3 Å². The molecule has 0 heterocycles. The minimum absolute atomic E-state index is 0.717. The van der Waals surface area contributed by atoms with Crippen molar-refractivity contribution in [1.82, 2.24) is 4.90 Å². The van der Waals surface area contributed by atoms with E-state index in [9.17, 15) is 0 Å². The van der Waals surface area contributed by atoms with E-state index < -0.39 is 0 Å². The molecule has 0 aliphatic carbocycles. The fraction of sp³-hybridized carbons (Fsp3) is 0.625. The lowest BCUT2D eigenvalue weighted by atomic mass is 10.1. The van der Waals surface area contributed by atoms with Crippen molar-refractivity contribution in [3.05, 3.63) is 29.3 Å². The van der Waals surface area contributed by atoms with Crippen LogP contribution in [0.25, 0.3) is 0 Å². The fourth-order valence-electron chi connectivity index (χ4n) is 2.22. The number of anilines is 1. The smallest absolute Gasteiger partial charge is 0.0407 e. The summed E-state index contributed by atoms with van der Waals surface area (Å²) in [5.41, 5.74) is 1.14. The van der Waals surface area contributed by atoms with Crippen LogP contribution in [-0.4, -0.2) is 31.1 Å². The quantitative estimate of drug-likeness (QED) is 0.762. The first kappa shape index (κ1) is 16.3. The molecule has 0 fully saturated rings. The van der Waals surface area contributed by atoms with E-state index in [0.29, 0.717) is 11.8 Å². The highest BCUT2D eigenvalue weighted by Gasteiger charge is 2.08. The van der Waals surface area contributed by atoms with E-state index in [-0.39, 0.29) is 0 Å². The first-order valence-corrected chi connectivity index (χ1v) is 7.57. The molecule has 1 rings (SSSR count). The third kappa shape index (κ3) is 7.44. The van der Waals surface area contributed by atoms with Crippen LogP contribution in [0.15, 0.2) is 24.3 Å². The van der Waals surface area contributed by atoms with Crippen LogP contribution < -0.4 is 5.32 Å². The fourth-order valence-corrected chi connectivity index (χ4v) is 2.34. The molecule has 0 unspecified atom stereocenters. The van der Waals surface area contributed by atoms with Gasteiger partial charge in [-0.25, -0.2) is 0 Å². The highest BCUT2D eigenvalue weighted by atomic mass is 35.5. The molecule has 0 amide bonds. The zero-order valence-corrected chi connectivity index (χ0v) is 13.4. The molecule has 0 radical (unpaired) electrons. The van der Waals surface area contributed by atoms with Crippen LogP contribution in [0.4, 0.5) is 5.69 Å². The van der Waals surface area contributed by atoms with Gasteiger partial charge in [0.05, 0.1) is 0 Å². The number of nitrogens with zero attached hydrogens (tertiary/aromatic N) is 1. The molecule has 0 aliphatic heterocycles. The van der Waals surface area contributed by atoms with Gasteiger partial charge < -0.3 is 10.2 Å². The summed E-state index contributed by atoms with van der Waals surface area (Å²) in [7, 11) is 0. The minimum Gasteiger partial charge on any atom is -0.384 e. The van der Waals surface area contributed by atoms with E-state index in [1.165, 1.54) is 13.1 Å². The largest absolute Gasteiger partial charge is 0.384 e. The van der Waals surface area contributed by atoms with Gasteiger partial charge in [-0.05, 0) is 36.1 Å². The summed E-state index contributed by atoms with van der Waals surface area (Å²) in [5.74, 6) is 1.43. The van der Waals surface area contributed by atoms with Gasteiger partial charge in [0.15, 0.2) is 0 Å². The van der Waals surface area contributed by atoms with E-state index >= 15 is 0 Å². The van der Waals surface area contributed by atoms with E-state index in [0.717, 1.165) is 23.8 Å². The Labute approximate surface area is 123 Å². The van der Waals surface area contributed by atoms with Gasteiger partial charge >= 0.3 is 0 Å². The van der Waals surface area contributed by atoms with Crippen LogP contribution in [0, 0.1) is 11.8 Å². The van der Waals surface area contributed by atoms with E-state index in [1.54, 1.807) is 0 Å². The van der Waals surface area contributed by atoms with Gasteiger partial charge in [0, 0.05) is 36.9 Å². The standard InChI is InChI=1S/C16H27ClN2/c1-13(2)11-19(12-14(3)4)10-9-18-16-7-5-15(17)6-8-16/h5-8,13-14,18H,9-12H2,1-4H3. The number of nitrogens with one attached hydrogen (secondary N) is 1. The van der Waals surface area contributed by atoms with Crippen molar-refractivity contribution in [3.63, 3.8) is 0 Å². The van der Waals surface area contributed by atoms with Crippen LogP contribution >= 0.6 is 11.6 Å². The Hall–Kier alpha value is -0.730. The third-order valence-corrected chi connectivity index (χ3v) is 3.10. The van der Waals surface area contributed by atoms with Crippen LogP contribution in [-0.2, 0) is 0 Å². The average molecular weight is 283 g/mol. The van der Waals surface area contributed by atoms with Crippen molar-refractivity contribution in [2.45, 2.75) is 27.7 Å². The van der Waals surface area contributed by atoms with Crippen molar-refractivity contribution in [3.8, 4) is 0 Å². The second-order valence-electron chi connectivity index (χ2n) is 5.98. The SMILES string of the molecule is CC(C)CN(CCNc1ccc(Cl)cc1)CC(C)C. The number of benzene rings is 1. The summed E-state index contributed by atoms with van der Waals surface area (Å²) in [6.45, 7) is 13.5. The van der Waals surface area contributed by atoms with Gasteiger partial charge in [-0.15, -0.1) is 0 Å². The van der Waals surface area contributed by atoms with Gasteiger partial charge in [-0.3, -0.25) is 0 Å². The normalized spacial score (nSPS) is 11.6. The summed E-state index contributed by atoms with van der Waals surface area (Å²) in [6.07, 6.45) is 0. The first-order chi connectivity index (χ1) is 8.97. The lowest BCUT2D eigenvalue weighted by molar-refractivity contribution is 0.227. The third-order valence-electron chi connectivity index (χ3n) is 2.85. The molecule has 1 aromatic rings. The Morgan fingerprint density at radius 3 is 2.00 bits per heavy atom. The Morgan fingerprint density at radius 2 is 1.53 bits per heavy atom. The van der Waals surface area contributed by atoms with Crippen LogP contribution in [0.3, 0.4) is 0 Å². The second kappa shape index (κ2) is 8.44. The summed E-state index contributed by atoms with van der Waals surface area (Å²) < 4.78 is 0. The van der Waals surface area contributed by atoms with Crippen LogP contribution in [0.1, 0.15) is 27.7 Å². The van der Waals surface area contributed by atoms with E-state index in [2.05, 4.69) is 37.9 Å². The topological polar surface area (TPSA) is 15.3 Å². The number of hydrogen-bond acceptors (Lipinski definition) is 2. The second-order valence-corrected chi connectivity index (χ2v) is 6.42. The molecule has 0 bridgehead atoms. The molecule has 0 spiro atoms. The zero-order chi connectivity index (χ0) is 14.3. The van der Waals surface area contributed by atoms with Gasteiger partial charge in [0.25, 0.3) is 0 Å². The first-order valence-electron chi connectivity index (χ1n) is 7.19. The van der Waals surface area contributed by atoms with Crippen molar-refractivity contribution in [2.75, 3.05) is 31.5 Å². The molecule has 3 heteroatoms. The van der Waals surface area contributed by atoms with Crippen LogP contribution in [0.2, 0.25) is 5.02 Å². The van der Waals surface area contributed by atoms with Gasteiger partial charge in [-0.1, -0.05) is 39.3 Å². The minimum atomic E-state index is 0.717. The zero-order valence-electron chi connectivity index (χ0n) is 12.6. The van der Waals surface area contributed by atoms with Gasteiger partial charge in [0.1, 0.15) is 0 Å². The summed E-state index contributed by atoms with van der Waals surface area (Å²) >= 11 is 5.87. The molecule has 1 aromatic carbocycles. The van der Waals surface area contributed by atoms with E-state index in [1.807, 2.05) is 24.3 Å². The molecule has 0 atom stereocenters. The lowest BCUT2D eigenvalue weighted by Crippen LogP contribution is -2.35. The maximum absolute atomic E-state index is 5.87. The lowest BCUT2D eigenvalue weighted by Gasteiger charge is -2.26. The molecular weight excluding hydrogens is 256 g/mol. The molecule has 0 aliphatic rings. The highest BCUT2D eigenvalue weighted by Crippen LogP contribution is 2.13. The average Bonchev–Trinajstić information content (AvgIpc) is 2.30. The van der Waals surface area contributed by atoms with E-state index in [4.69, 9.17) is 11.6 Å². The summed E-state index contributed by atoms with van der Waals surface area (Å²) in [5, 5.41) is 4.23. The molecule has 0 aromatic heterocycles. The Bertz CT molecular complexity index is 336. The predicted octanol–water partition coefficient (Wildman–Crippen LogP) is 4.37. The Morgan fingerprint density at radius 1 is 1.00 bits per heavy atom. The molecule has 108 valence electrons. The molecule has 1 N–H and O–H groups in total. The van der Waals surface area contributed by atoms with Gasteiger partial charge in [-0.2, -0.15) is 0 Å². The molecule has 0 saturated carbocycles. The predicted molar refractivity (Wildman–Crippen MR) is 86.1 cm³/mol. The van der Waals surface area contributed by atoms with Crippen molar-refractivity contribution < 1.29 is 0 Å².